The maximum absolute atomic E-state index is 11.7. The van der Waals surface area contributed by atoms with Gasteiger partial charge < -0.3 is 14.6 Å². The maximum Gasteiger partial charge on any atom is 0.339 e. The molecule has 0 saturated heterocycles. The first-order valence-electron chi connectivity index (χ1n) is 5.47. The Labute approximate surface area is 123 Å². The zero-order valence-corrected chi connectivity index (χ0v) is 13.2. The molecule has 0 aliphatic heterocycles. The van der Waals surface area contributed by atoms with Crippen LogP contribution in [0.15, 0.2) is 21.1 Å². The summed E-state index contributed by atoms with van der Waals surface area (Å²) in [6.07, 6.45) is -1.03. The highest BCUT2D eigenvalue weighted by molar-refractivity contribution is 9.11. The van der Waals surface area contributed by atoms with Gasteiger partial charge in [-0.15, -0.1) is 0 Å². The van der Waals surface area contributed by atoms with Gasteiger partial charge in [0.2, 0.25) is 0 Å². The van der Waals surface area contributed by atoms with Crippen LogP contribution in [0.2, 0.25) is 0 Å². The third-order valence-corrected chi connectivity index (χ3v) is 3.52. The normalized spacial score (nSPS) is 12.3. The predicted octanol–water partition coefficient (Wildman–Crippen LogP) is 3.42. The van der Waals surface area contributed by atoms with Gasteiger partial charge in [0.15, 0.2) is 6.29 Å². The molecule has 0 spiro atoms. The molecule has 1 aromatic rings. The van der Waals surface area contributed by atoms with Crippen LogP contribution in [-0.4, -0.2) is 24.3 Å². The van der Waals surface area contributed by atoms with E-state index in [1.165, 1.54) is 0 Å². The minimum absolute atomic E-state index is 0.312. The molecule has 0 heterocycles. The first-order chi connectivity index (χ1) is 8.51. The van der Waals surface area contributed by atoms with Crippen molar-refractivity contribution in [3.63, 3.8) is 0 Å². The third-order valence-electron chi connectivity index (χ3n) is 2.17. The van der Waals surface area contributed by atoms with E-state index in [0.29, 0.717) is 33.3 Å². The average molecular weight is 382 g/mol. The fraction of sp³-hybridized carbons (Fsp3) is 0.417. The van der Waals surface area contributed by atoms with Gasteiger partial charge in [0.05, 0.1) is 12.2 Å². The van der Waals surface area contributed by atoms with Crippen LogP contribution in [0.25, 0.3) is 0 Å². The van der Waals surface area contributed by atoms with E-state index in [1.807, 2.05) is 0 Å². The Hall–Kier alpha value is -0.430. The van der Waals surface area contributed by atoms with Gasteiger partial charge in [-0.2, -0.15) is 0 Å². The molecular formula is C12H14Br2O4. The van der Waals surface area contributed by atoms with Gasteiger partial charge in [-0.25, -0.2) is 4.79 Å². The number of carbonyl (C=O) groups excluding carboxylic acids is 1. The first-order valence-corrected chi connectivity index (χ1v) is 7.05. The van der Waals surface area contributed by atoms with Crippen LogP contribution in [0.1, 0.15) is 36.1 Å². The van der Waals surface area contributed by atoms with Crippen molar-refractivity contribution >= 4 is 37.8 Å². The zero-order chi connectivity index (χ0) is 13.7. The highest BCUT2D eigenvalue weighted by Gasteiger charge is 2.18. The van der Waals surface area contributed by atoms with E-state index in [1.54, 1.807) is 26.0 Å². The number of esters is 1. The molecule has 0 aliphatic rings. The van der Waals surface area contributed by atoms with Crippen LogP contribution >= 0.6 is 31.9 Å². The van der Waals surface area contributed by atoms with Crippen LogP contribution in [0.4, 0.5) is 0 Å². The van der Waals surface area contributed by atoms with Gasteiger partial charge in [-0.05, 0) is 41.9 Å². The Morgan fingerprint density at radius 3 is 2.50 bits per heavy atom. The number of benzene rings is 1. The fourth-order valence-electron chi connectivity index (χ4n) is 1.36. The first kappa shape index (κ1) is 15.6. The Morgan fingerprint density at radius 1 is 1.28 bits per heavy atom. The third kappa shape index (κ3) is 3.78. The lowest BCUT2D eigenvalue weighted by Crippen LogP contribution is -2.08. The lowest BCUT2D eigenvalue weighted by molar-refractivity contribution is -0.0984. The summed E-state index contributed by atoms with van der Waals surface area (Å²) in [6.45, 7) is 4.24. The lowest BCUT2D eigenvalue weighted by Gasteiger charge is -2.14. The van der Waals surface area contributed by atoms with Crippen molar-refractivity contribution in [2.75, 3.05) is 13.2 Å². The molecule has 1 rings (SSSR count). The second-order valence-corrected chi connectivity index (χ2v) is 5.09. The number of hydrogen-bond acceptors (Lipinski definition) is 4. The van der Waals surface area contributed by atoms with Crippen LogP contribution in [0.5, 0.6) is 0 Å². The lowest BCUT2D eigenvalue weighted by atomic mass is 10.1. The molecule has 0 fully saturated rings. The zero-order valence-electron chi connectivity index (χ0n) is 10.1. The molecule has 1 unspecified atom stereocenters. The molecule has 6 heteroatoms. The maximum atomic E-state index is 11.7. The number of ether oxygens (including phenoxy) is 2. The summed E-state index contributed by atoms with van der Waals surface area (Å²) >= 11 is 6.59. The van der Waals surface area contributed by atoms with Gasteiger partial charge in [-0.3, -0.25) is 0 Å². The highest BCUT2D eigenvalue weighted by Crippen LogP contribution is 2.31. The standard InChI is InChI=1S/C12H14Br2O4/c1-3-17-11(15)7-5-10(14)8(6-9(7)13)12(16)18-4-2/h5-6,11,15H,3-4H2,1-2H3. The Bertz CT molecular complexity index is 434. The minimum Gasteiger partial charge on any atom is -0.462 e. The number of aliphatic hydroxyl groups is 1. The molecule has 0 bridgehead atoms. The molecule has 18 heavy (non-hydrogen) atoms. The van der Waals surface area contributed by atoms with Crippen molar-refractivity contribution in [1.82, 2.24) is 0 Å². The molecule has 4 nitrogen and oxygen atoms in total. The van der Waals surface area contributed by atoms with Crippen molar-refractivity contribution in [3.05, 3.63) is 32.2 Å². The molecule has 1 N–H and O–H groups in total. The number of aliphatic hydroxyl groups excluding tert-OH is 1. The summed E-state index contributed by atoms with van der Waals surface area (Å²) in [5, 5.41) is 9.77. The van der Waals surface area contributed by atoms with E-state index in [0.717, 1.165) is 0 Å². The van der Waals surface area contributed by atoms with Crippen molar-refractivity contribution in [2.24, 2.45) is 0 Å². The summed E-state index contributed by atoms with van der Waals surface area (Å²) in [5.74, 6) is -0.414. The smallest absolute Gasteiger partial charge is 0.339 e. The van der Waals surface area contributed by atoms with Gasteiger partial charge in [0, 0.05) is 21.1 Å². The Balaban J connectivity index is 3.07. The summed E-state index contributed by atoms with van der Waals surface area (Å²) in [7, 11) is 0. The SMILES string of the molecule is CCOC(=O)c1cc(Br)c(C(O)OCC)cc1Br. The monoisotopic (exact) mass is 380 g/mol. The van der Waals surface area contributed by atoms with E-state index in [4.69, 9.17) is 9.47 Å². The second-order valence-electron chi connectivity index (χ2n) is 3.38. The number of rotatable bonds is 5. The number of carbonyl (C=O) groups is 1. The molecule has 0 aliphatic carbocycles. The van der Waals surface area contributed by atoms with Crippen molar-refractivity contribution in [3.8, 4) is 0 Å². The van der Waals surface area contributed by atoms with Gasteiger partial charge in [0.25, 0.3) is 0 Å². The molecule has 1 aromatic carbocycles. The second kappa shape index (κ2) is 7.23. The van der Waals surface area contributed by atoms with E-state index in [9.17, 15) is 9.90 Å². The van der Waals surface area contributed by atoms with Gasteiger partial charge in [-0.1, -0.05) is 15.9 Å². The van der Waals surface area contributed by atoms with Crippen molar-refractivity contribution in [2.45, 2.75) is 20.1 Å². The fourth-order valence-corrected chi connectivity index (χ4v) is 2.43. The topological polar surface area (TPSA) is 55.8 Å². The van der Waals surface area contributed by atoms with Gasteiger partial charge >= 0.3 is 5.97 Å². The minimum atomic E-state index is -1.03. The van der Waals surface area contributed by atoms with Crippen molar-refractivity contribution < 1.29 is 19.4 Å². The van der Waals surface area contributed by atoms with E-state index in [-0.39, 0.29) is 0 Å². The van der Waals surface area contributed by atoms with Crippen LogP contribution in [0, 0.1) is 0 Å². The van der Waals surface area contributed by atoms with Crippen LogP contribution in [0.3, 0.4) is 0 Å². The largest absolute Gasteiger partial charge is 0.462 e. The summed E-state index contributed by atoms with van der Waals surface area (Å²) in [4.78, 5) is 11.7. The highest BCUT2D eigenvalue weighted by atomic mass is 79.9. The molecule has 0 saturated carbocycles. The van der Waals surface area contributed by atoms with Gasteiger partial charge in [0.1, 0.15) is 0 Å². The van der Waals surface area contributed by atoms with Crippen molar-refractivity contribution in [1.29, 1.82) is 0 Å². The number of halogens is 2. The van der Waals surface area contributed by atoms with E-state index >= 15 is 0 Å². The van der Waals surface area contributed by atoms with E-state index in [2.05, 4.69) is 31.9 Å². The number of hydrogen-bond donors (Lipinski definition) is 1. The van der Waals surface area contributed by atoms with E-state index < -0.39 is 12.3 Å². The predicted molar refractivity (Wildman–Crippen MR) is 74.4 cm³/mol. The molecule has 100 valence electrons. The molecule has 0 aromatic heterocycles. The van der Waals surface area contributed by atoms with Crippen LogP contribution < -0.4 is 0 Å². The summed E-state index contributed by atoms with van der Waals surface area (Å²) < 4.78 is 11.2. The molecular weight excluding hydrogens is 368 g/mol. The Morgan fingerprint density at radius 2 is 1.94 bits per heavy atom. The average Bonchev–Trinajstić information content (AvgIpc) is 2.32. The quantitative estimate of drug-likeness (QED) is 0.627. The molecule has 1 atom stereocenters. The summed E-state index contributed by atoms with van der Waals surface area (Å²) in [6, 6.07) is 3.23. The molecule has 0 radical (unpaired) electrons. The Kier molecular flexibility index (Phi) is 6.28. The van der Waals surface area contributed by atoms with Crippen LogP contribution in [-0.2, 0) is 9.47 Å². The molecule has 0 amide bonds. The summed E-state index contributed by atoms with van der Waals surface area (Å²) in [5.41, 5.74) is 0.952.